The van der Waals surface area contributed by atoms with E-state index in [-0.39, 0.29) is 23.5 Å². The number of anilines is 2. The zero-order valence-corrected chi connectivity index (χ0v) is 10.9. The van der Waals surface area contributed by atoms with Crippen molar-refractivity contribution in [2.24, 2.45) is 5.84 Å². The molecule has 9 heteroatoms. The maximum atomic E-state index is 10.9. The fraction of sp³-hybridized carbons (Fsp3) is 0.600. The number of rotatable bonds is 8. The molecule has 0 aliphatic carbocycles. The van der Waals surface area contributed by atoms with Crippen LogP contribution in [0, 0.1) is 10.1 Å². The lowest BCUT2D eigenvalue weighted by molar-refractivity contribution is -0.384. The van der Waals surface area contributed by atoms with Gasteiger partial charge in [-0.15, -0.1) is 0 Å². The topological polar surface area (TPSA) is 128 Å². The van der Waals surface area contributed by atoms with Gasteiger partial charge in [0, 0.05) is 7.11 Å². The van der Waals surface area contributed by atoms with E-state index in [1.165, 1.54) is 0 Å². The molecule has 1 heterocycles. The van der Waals surface area contributed by atoms with Gasteiger partial charge in [0.05, 0.1) is 17.6 Å². The molecule has 0 aliphatic rings. The number of nitrogens with one attached hydrogen (secondary N) is 2. The third kappa shape index (κ3) is 4.30. The Morgan fingerprint density at radius 3 is 2.89 bits per heavy atom. The van der Waals surface area contributed by atoms with Crippen LogP contribution in [0.2, 0.25) is 0 Å². The van der Waals surface area contributed by atoms with Crippen molar-refractivity contribution in [1.29, 1.82) is 0 Å². The molecule has 1 rings (SSSR count). The third-order valence-electron chi connectivity index (χ3n) is 2.44. The standard InChI is InChI=1S/C10H18N6O3/c1-3-4-7(6-19-2)13-9-8(16(17)18)5-12-10(14-9)15-11/h5,7H,3-4,6,11H2,1-2H3,(H2,12,13,14,15). The van der Waals surface area contributed by atoms with Crippen molar-refractivity contribution in [3.8, 4) is 0 Å². The molecule has 19 heavy (non-hydrogen) atoms. The largest absolute Gasteiger partial charge is 0.383 e. The first-order valence-electron chi connectivity index (χ1n) is 5.85. The Hall–Kier alpha value is -2.00. The molecule has 4 N–H and O–H groups in total. The van der Waals surface area contributed by atoms with Crippen LogP contribution >= 0.6 is 0 Å². The van der Waals surface area contributed by atoms with Gasteiger partial charge in [-0.05, 0) is 6.42 Å². The van der Waals surface area contributed by atoms with Gasteiger partial charge < -0.3 is 10.1 Å². The Labute approximate surface area is 110 Å². The van der Waals surface area contributed by atoms with E-state index < -0.39 is 4.92 Å². The van der Waals surface area contributed by atoms with Crippen LogP contribution in [-0.2, 0) is 4.74 Å². The number of nitrogen functional groups attached to an aromatic ring is 1. The summed E-state index contributed by atoms with van der Waals surface area (Å²) in [6, 6.07) is -0.0609. The molecule has 9 nitrogen and oxygen atoms in total. The molecule has 0 fully saturated rings. The summed E-state index contributed by atoms with van der Waals surface area (Å²) in [5, 5.41) is 13.9. The summed E-state index contributed by atoms with van der Waals surface area (Å²) in [4.78, 5) is 18.1. The molecular weight excluding hydrogens is 252 g/mol. The summed E-state index contributed by atoms with van der Waals surface area (Å²) in [5.41, 5.74) is 2.06. The van der Waals surface area contributed by atoms with Crippen LogP contribution in [0.4, 0.5) is 17.5 Å². The van der Waals surface area contributed by atoms with Gasteiger partial charge in [0.1, 0.15) is 6.20 Å². The van der Waals surface area contributed by atoms with Crippen LogP contribution in [0.25, 0.3) is 0 Å². The molecule has 0 radical (unpaired) electrons. The number of nitrogens with zero attached hydrogens (tertiary/aromatic N) is 3. The lowest BCUT2D eigenvalue weighted by Crippen LogP contribution is -2.26. The van der Waals surface area contributed by atoms with Crippen molar-refractivity contribution in [3.63, 3.8) is 0 Å². The minimum absolute atomic E-state index is 0.0609. The number of methoxy groups -OCH3 is 1. The molecule has 0 bridgehead atoms. The average Bonchev–Trinajstić information content (AvgIpc) is 2.38. The first-order chi connectivity index (χ1) is 9.12. The molecule has 1 aromatic rings. The molecule has 0 spiro atoms. The number of hydrazine groups is 1. The molecule has 1 aromatic heterocycles. The lowest BCUT2D eigenvalue weighted by Gasteiger charge is -2.17. The summed E-state index contributed by atoms with van der Waals surface area (Å²) in [6.45, 7) is 2.45. The number of hydrogen-bond donors (Lipinski definition) is 3. The van der Waals surface area contributed by atoms with Gasteiger partial charge in [-0.2, -0.15) is 4.98 Å². The maximum absolute atomic E-state index is 10.9. The van der Waals surface area contributed by atoms with E-state index in [0.717, 1.165) is 19.0 Å². The first kappa shape index (κ1) is 15.1. The second kappa shape index (κ2) is 7.44. The Balaban J connectivity index is 2.97. The van der Waals surface area contributed by atoms with E-state index in [4.69, 9.17) is 10.6 Å². The van der Waals surface area contributed by atoms with Gasteiger partial charge in [-0.3, -0.25) is 15.5 Å². The Kier molecular flexibility index (Phi) is 5.90. The van der Waals surface area contributed by atoms with Crippen LogP contribution in [0.3, 0.4) is 0 Å². The molecule has 0 aliphatic heterocycles. The minimum atomic E-state index is -0.543. The van der Waals surface area contributed by atoms with Crippen molar-refractivity contribution in [2.75, 3.05) is 24.5 Å². The van der Waals surface area contributed by atoms with E-state index in [1.54, 1.807) is 7.11 Å². The van der Waals surface area contributed by atoms with E-state index in [1.807, 2.05) is 6.92 Å². The number of nitro groups is 1. The van der Waals surface area contributed by atoms with Crippen molar-refractivity contribution >= 4 is 17.5 Å². The van der Waals surface area contributed by atoms with Gasteiger partial charge >= 0.3 is 5.69 Å². The van der Waals surface area contributed by atoms with Crippen molar-refractivity contribution in [1.82, 2.24) is 9.97 Å². The van der Waals surface area contributed by atoms with Crippen molar-refractivity contribution < 1.29 is 9.66 Å². The van der Waals surface area contributed by atoms with Crippen LogP contribution in [0.5, 0.6) is 0 Å². The minimum Gasteiger partial charge on any atom is -0.383 e. The predicted octanol–water partition coefficient (Wildman–Crippen LogP) is 0.897. The Morgan fingerprint density at radius 1 is 1.63 bits per heavy atom. The zero-order chi connectivity index (χ0) is 14.3. The molecule has 106 valence electrons. The monoisotopic (exact) mass is 270 g/mol. The summed E-state index contributed by atoms with van der Waals surface area (Å²) in [5.74, 6) is 5.44. The molecule has 0 saturated heterocycles. The predicted molar refractivity (Wildman–Crippen MR) is 70.7 cm³/mol. The molecular formula is C10H18N6O3. The average molecular weight is 270 g/mol. The van der Waals surface area contributed by atoms with Gasteiger partial charge in [0.25, 0.3) is 0 Å². The van der Waals surface area contributed by atoms with E-state index in [2.05, 4.69) is 20.7 Å². The summed E-state index contributed by atoms with van der Waals surface area (Å²) >= 11 is 0. The highest BCUT2D eigenvalue weighted by Crippen LogP contribution is 2.23. The van der Waals surface area contributed by atoms with E-state index in [9.17, 15) is 10.1 Å². The summed E-state index contributed by atoms with van der Waals surface area (Å²) in [7, 11) is 1.57. The fourth-order valence-corrected chi connectivity index (χ4v) is 1.63. The second-order valence-corrected chi connectivity index (χ2v) is 3.91. The molecule has 1 unspecified atom stereocenters. The quantitative estimate of drug-likeness (QED) is 0.361. The highest BCUT2D eigenvalue weighted by Gasteiger charge is 2.20. The van der Waals surface area contributed by atoms with Gasteiger partial charge in [-0.25, -0.2) is 10.8 Å². The highest BCUT2D eigenvalue weighted by atomic mass is 16.6. The third-order valence-corrected chi connectivity index (χ3v) is 2.44. The maximum Gasteiger partial charge on any atom is 0.329 e. The fourth-order valence-electron chi connectivity index (χ4n) is 1.63. The molecule has 1 atom stereocenters. The highest BCUT2D eigenvalue weighted by molar-refractivity contribution is 5.57. The van der Waals surface area contributed by atoms with Gasteiger partial charge in [0.2, 0.25) is 11.8 Å². The number of nitrogens with two attached hydrogens (primary N) is 1. The molecule has 0 amide bonds. The second-order valence-electron chi connectivity index (χ2n) is 3.91. The van der Waals surface area contributed by atoms with Crippen molar-refractivity contribution in [3.05, 3.63) is 16.3 Å². The zero-order valence-electron chi connectivity index (χ0n) is 10.9. The molecule has 0 aromatic carbocycles. The smallest absolute Gasteiger partial charge is 0.329 e. The van der Waals surface area contributed by atoms with E-state index in [0.29, 0.717) is 6.61 Å². The number of ether oxygens (including phenoxy) is 1. The van der Waals surface area contributed by atoms with Gasteiger partial charge in [-0.1, -0.05) is 13.3 Å². The van der Waals surface area contributed by atoms with Gasteiger partial charge in [0.15, 0.2) is 0 Å². The van der Waals surface area contributed by atoms with Crippen molar-refractivity contribution in [2.45, 2.75) is 25.8 Å². The van der Waals surface area contributed by atoms with Crippen LogP contribution in [0.1, 0.15) is 19.8 Å². The summed E-state index contributed by atoms with van der Waals surface area (Å²) in [6.07, 6.45) is 2.84. The lowest BCUT2D eigenvalue weighted by atomic mass is 10.2. The van der Waals surface area contributed by atoms with Crippen LogP contribution < -0.4 is 16.6 Å². The normalized spacial score (nSPS) is 11.9. The number of aromatic nitrogens is 2. The SMILES string of the molecule is CCCC(COC)Nc1nc(NN)ncc1[N+](=O)[O-]. The summed E-state index contributed by atoms with van der Waals surface area (Å²) < 4.78 is 5.07. The van der Waals surface area contributed by atoms with E-state index >= 15 is 0 Å². The van der Waals surface area contributed by atoms with Crippen LogP contribution in [0.15, 0.2) is 6.20 Å². The molecule has 0 saturated carbocycles. The van der Waals surface area contributed by atoms with Crippen LogP contribution in [-0.4, -0.2) is 34.6 Å². The Morgan fingerprint density at radius 2 is 2.37 bits per heavy atom. The Bertz CT molecular complexity index is 422. The first-order valence-corrected chi connectivity index (χ1v) is 5.85. The number of hydrogen-bond acceptors (Lipinski definition) is 8.